The van der Waals surface area contributed by atoms with Crippen molar-refractivity contribution in [2.24, 2.45) is 0 Å². The molecule has 0 atom stereocenters. The van der Waals surface area contributed by atoms with E-state index in [2.05, 4.69) is 290 Å². The highest BCUT2D eigenvalue weighted by Gasteiger charge is 2.52. The van der Waals surface area contributed by atoms with E-state index in [-0.39, 0.29) is 0 Å². The molecule has 3 nitrogen and oxygen atoms in total. The second-order valence-corrected chi connectivity index (χ2v) is 20.3. The van der Waals surface area contributed by atoms with E-state index in [1.807, 2.05) is 6.08 Å². The monoisotopic (exact) mass is 982 g/mol. The van der Waals surface area contributed by atoms with Crippen molar-refractivity contribution < 1.29 is 4.42 Å². The highest BCUT2D eigenvalue weighted by atomic mass is 16.3. The molecule has 0 saturated heterocycles. The Kier molecular flexibility index (Phi) is 10.2. The van der Waals surface area contributed by atoms with Crippen LogP contribution in [-0.2, 0) is 5.41 Å². The number of fused-ring (bicyclic) bond motifs is 16. The van der Waals surface area contributed by atoms with Gasteiger partial charge in [0, 0.05) is 33.2 Å². The third kappa shape index (κ3) is 6.63. The lowest BCUT2D eigenvalue weighted by molar-refractivity contribution is 0.669. The fraction of sp³-hybridized carbons (Fsp3) is 0.0270. The number of furan rings is 1. The van der Waals surface area contributed by atoms with E-state index in [0.717, 1.165) is 72.5 Å². The van der Waals surface area contributed by atoms with Crippen LogP contribution in [0.25, 0.3) is 99.5 Å². The molecular weight excluding hydrogens is 933 g/mol. The Balaban J connectivity index is 0.916. The quantitative estimate of drug-likeness (QED) is 0.134. The summed E-state index contributed by atoms with van der Waals surface area (Å²) in [7, 11) is 0. The lowest BCUT2D eigenvalue weighted by Gasteiger charge is -2.30. The van der Waals surface area contributed by atoms with Gasteiger partial charge in [0.1, 0.15) is 11.2 Å². The molecule has 2 aliphatic carbocycles. The third-order valence-electron chi connectivity index (χ3n) is 16.3. The van der Waals surface area contributed by atoms with Crippen LogP contribution < -0.4 is 4.90 Å². The molecule has 0 radical (unpaired) electrons. The average molecular weight is 983 g/mol. The molecule has 11 aromatic carbocycles. The average Bonchev–Trinajstić information content (AvgIpc) is 4.42. The zero-order chi connectivity index (χ0) is 51.2. The van der Waals surface area contributed by atoms with Crippen LogP contribution in [0.2, 0.25) is 0 Å². The van der Waals surface area contributed by atoms with Gasteiger partial charge in [-0.15, -0.1) is 0 Å². The lowest BCUT2D eigenvalue weighted by atomic mass is 9.70. The summed E-state index contributed by atoms with van der Waals surface area (Å²) in [5, 5.41) is 4.56. The van der Waals surface area contributed by atoms with E-state index >= 15 is 0 Å². The maximum Gasteiger partial charge on any atom is 0.137 e. The molecule has 2 heterocycles. The zero-order valence-electron chi connectivity index (χ0n) is 42.5. The SMILES string of the molecule is C=C/C=C(\C=C/C)c1ccc(N(c2cccc(-c3cccc4c3-c3ccccc3C43c4ccccc4-c4ccccc43)c2)c2cccc3oc4ccc(-c5ccc6c(c5)c5ccccc5n6-c5ccccc5)cc4c23)cc1. The van der Waals surface area contributed by atoms with Gasteiger partial charge in [0.05, 0.1) is 27.5 Å². The minimum Gasteiger partial charge on any atom is -0.456 e. The second-order valence-electron chi connectivity index (χ2n) is 20.3. The van der Waals surface area contributed by atoms with E-state index in [4.69, 9.17) is 4.42 Å². The normalized spacial score (nSPS) is 13.2. The molecule has 13 aromatic rings. The highest BCUT2D eigenvalue weighted by Crippen LogP contribution is 2.64. The Hall–Kier alpha value is -9.96. The van der Waals surface area contributed by atoms with Crippen LogP contribution >= 0.6 is 0 Å². The molecule has 77 heavy (non-hydrogen) atoms. The number of para-hydroxylation sites is 2. The number of nitrogens with zero attached hydrogens (tertiary/aromatic N) is 2. The fourth-order valence-electron chi connectivity index (χ4n) is 13.2. The standard InChI is InChI=1S/C74H50N2O/c1-3-19-48(20-4-2)49-37-41-54(42-38-49)75(55-24-16-21-52(45-55)56-29-17-33-66-72(56)60-28-10-14-32-65(60)74(66)63-30-12-8-25-57(63)58-26-9-13-31-64(58)74)69-35-18-36-71-73(69)62-47-51(40-44-70(62)77-71)50-39-43-68-61(46-50)59-27-11-15-34-67(59)76(68)53-22-6-5-7-23-53/h3-47H,1H2,2H3/b20-4-,48-19+. The van der Waals surface area contributed by atoms with Gasteiger partial charge < -0.3 is 13.9 Å². The largest absolute Gasteiger partial charge is 0.456 e. The molecule has 3 heteroatoms. The van der Waals surface area contributed by atoms with E-state index in [0.29, 0.717) is 0 Å². The van der Waals surface area contributed by atoms with Crippen LogP contribution in [0.5, 0.6) is 0 Å². The minimum absolute atomic E-state index is 0.435. The van der Waals surface area contributed by atoms with Gasteiger partial charge in [-0.2, -0.15) is 0 Å². The summed E-state index contributed by atoms with van der Waals surface area (Å²) in [6.07, 6.45) is 8.13. The van der Waals surface area contributed by atoms with Gasteiger partial charge in [0.25, 0.3) is 0 Å². The molecule has 0 N–H and O–H groups in total. The first-order chi connectivity index (χ1) is 38.1. The van der Waals surface area contributed by atoms with Crippen molar-refractivity contribution in [3.8, 4) is 50.2 Å². The number of anilines is 3. The molecule has 2 aromatic heterocycles. The summed E-state index contributed by atoms with van der Waals surface area (Å²) < 4.78 is 9.18. The minimum atomic E-state index is -0.435. The number of hydrogen-bond donors (Lipinski definition) is 0. The Morgan fingerprint density at radius 2 is 1.09 bits per heavy atom. The molecule has 0 unspecified atom stereocenters. The number of aromatic nitrogens is 1. The van der Waals surface area contributed by atoms with Crippen molar-refractivity contribution in [1.82, 2.24) is 4.57 Å². The maximum absolute atomic E-state index is 6.81. The van der Waals surface area contributed by atoms with Gasteiger partial charge in [-0.25, -0.2) is 0 Å². The maximum atomic E-state index is 6.81. The van der Waals surface area contributed by atoms with Crippen LogP contribution in [0.15, 0.2) is 284 Å². The van der Waals surface area contributed by atoms with E-state index in [9.17, 15) is 0 Å². The predicted octanol–water partition coefficient (Wildman–Crippen LogP) is 20.0. The number of allylic oxidation sites excluding steroid dienone is 5. The van der Waals surface area contributed by atoms with Crippen LogP contribution in [-0.4, -0.2) is 4.57 Å². The molecule has 0 amide bonds. The molecule has 362 valence electrons. The van der Waals surface area contributed by atoms with Crippen molar-refractivity contribution >= 4 is 66.4 Å². The van der Waals surface area contributed by atoms with E-state index in [1.165, 1.54) is 71.9 Å². The van der Waals surface area contributed by atoms with Crippen molar-refractivity contribution in [3.05, 3.63) is 307 Å². The first-order valence-electron chi connectivity index (χ1n) is 26.6. The van der Waals surface area contributed by atoms with Gasteiger partial charge >= 0.3 is 0 Å². The molecule has 0 bridgehead atoms. The molecular formula is C74H50N2O. The molecule has 0 aliphatic heterocycles. The topological polar surface area (TPSA) is 21.3 Å². The van der Waals surface area contributed by atoms with Crippen molar-refractivity contribution in [2.75, 3.05) is 4.90 Å². The van der Waals surface area contributed by atoms with E-state index < -0.39 is 5.41 Å². The Labute approximate surface area is 447 Å². The van der Waals surface area contributed by atoms with Gasteiger partial charge in [-0.1, -0.05) is 201 Å². The summed E-state index contributed by atoms with van der Waals surface area (Å²) in [6, 6.07) is 91.5. The van der Waals surface area contributed by atoms with Gasteiger partial charge in [0.15, 0.2) is 0 Å². The summed E-state index contributed by atoms with van der Waals surface area (Å²) in [6.45, 7) is 6.08. The summed E-state index contributed by atoms with van der Waals surface area (Å²) in [5.74, 6) is 0. The Morgan fingerprint density at radius 1 is 0.468 bits per heavy atom. The van der Waals surface area contributed by atoms with Gasteiger partial charge in [-0.3, -0.25) is 0 Å². The molecule has 15 rings (SSSR count). The van der Waals surface area contributed by atoms with Crippen LogP contribution in [0.1, 0.15) is 34.7 Å². The van der Waals surface area contributed by atoms with Crippen molar-refractivity contribution in [1.29, 1.82) is 0 Å². The lowest BCUT2D eigenvalue weighted by Crippen LogP contribution is -2.25. The zero-order valence-corrected chi connectivity index (χ0v) is 42.5. The van der Waals surface area contributed by atoms with Crippen LogP contribution in [0, 0.1) is 0 Å². The summed E-state index contributed by atoms with van der Waals surface area (Å²) in [4.78, 5) is 2.41. The van der Waals surface area contributed by atoms with Crippen molar-refractivity contribution in [3.63, 3.8) is 0 Å². The fourth-order valence-corrected chi connectivity index (χ4v) is 13.2. The number of hydrogen-bond acceptors (Lipinski definition) is 2. The highest BCUT2D eigenvalue weighted by molar-refractivity contribution is 6.15. The number of rotatable bonds is 9. The Bertz CT molecular complexity index is 4560. The summed E-state index contributed by atoms with van der Waals surface area (Å²) in [5.41, 5.74) is 25.2. The van der Waals surface area contributed by atoms with Gasteiger partial charge in [-0.05, 0) is 164 Å². The summed E-state index contributed by atoms with van der Waals surface area (Å²) >= 11 is 0. The molecule has 2 aliphatic rings. The predicted molar refractivity (Wildman–Crippen MR) is 323 cm³/mol. The second kappa shape index (κ2) is 17.6. The third-order valence-corrected chi connectivity index (χ3v) is 16.3. The van der Waals surface area contributed by atoms with Crippen LogP contribution in [0.4, 0.5) is 17.1 Å². The smallest absolute Gasteiger partial charge is 0.137 e. The van der Waals surface area contributed by atoms with E-state index in [1.54, 1.807) is 0 Å². The number of benzene rings is 11. The first kappa shape index (κ1) is 44.5. The molecule has 0 saturated carbocycles. The first-order valence-corrected chi connectivity index (χ1v) is 26.6. The Morgan fingerprint density at radius 3 is 1.86 bits per heavy atom. The van der Waals surface area contributed by atoms with Crippen molar-refractivity contribution in [2.45, 2.75) is 12.3 Å². The molecule has 0 fully saturated rings. The van der Waals surface area contributed by atoms with Gasteiger partial charge in [0.2, 0.25) is 0 Å². The van der Waals surface area contributed by atoms with Crippen LogP contribution in [0.3, 0.4) is 0 Å². The molecule has 1 spiro atoms.